The summed E-state index contributed by atoms with van der Waals surface area (Å²) < 4.78 is 5.44. The van der Waals surface area contributed by atoms with E-state index in [-0.39, 0.29) is 6.04 Å². The molecule has 1 aliphatic rings. The van der Waals surface area contributed by atoms with Crippen LogP contribution in [0.15, 0.2) is 16.7 Å². The van der Waals surface area contributed by atoms with E-state index in [1.165, 1.54) is 7.11 Å². The van der Waals surface area contributed by atoms with Crippen molar-refractivity contribution in [1.82, 2.24) is 10.3 Å². The minimum absolute atomic E-state index is 0.0868. The molecule has 0 saturated carbocycles. The molecule has 6 nitrogen and oxygen atoms in total. The standard InChI is InChI=1S/C11H15BrN4O2/c1-18-11(17)15-8-2-3-16(6-8)10-9(12)4-7(13)5-14-10/h4-5,8H,2-3,6,13H2,1H3,(H,15,17). The van der Waals surface area contributed by atoms with E-state index < -0.39 is 6.09 Å². The van der Waals surface area contributed by atoms with Crippen molar-refractivity contribution in [1.29, 1.82) is 0 Å². The molecular formula is C11H15BrN4O2. The van der Waals surface area contributed by atoms with Gasteiger partial charge in [0.25, 0.3) is 0 Å². The van der Waals surface area contributed by atoms with Gasteiger partial charge in [-0.1, -0.05) is 0 Å². The smallest absolute Gasteiger partial charge is 0.407 e. The maximum Gasteiger partial charge on any atom is 0.407 e. The molecule has 0 spiro atoms. The van der Waals surface area contributed by atoms with Crippen molar-refractivity contribution in [3.63, 3.8) is 0 Å². The number of pyridine rings is 1. The monoisotopic (exact) mass is 314 g/mol. The second-order valence-electron chi connectivity index (χ2n) is 4.14. The summed E-state index contributed by atoms with van der Waals surface area (Å²) in [5.41, 5.74) is 6.27. The van der Waals surface area contributed by atoms with Gasteiger partial charge in [-0.3, -0.25) is 0 Å². The lowest BCUT2D eigenvalue weighted by molar-refractivity contribution is 0.167. The van der Waals surface area contributed by atoms with Crippen LogP contribution in [0.5, 0.6) is 0 Å². The third-order valence-electron chi connectivity index (χ3n) is 2.84. The van der Waals surface area contributed by atoms with Crippen LogP contribution in [0.1, 0.15) is 6.42 Å². The number of nitrogen functional groups attached to an aromatic ring is 1. The van der Waals surface area contributed by atoms with E-state index >= 15 is 0 Å². The van der Waals surface area contributed by atoms with Gasteiger partial charge in [0.2, 0.25) is 0 Å². The number of hydrogen-bond acceptors (Lipinski definition) is 5. The molecule has 7 heteroatoms. The predicted molar refractivity (Wildman–Crippen MR) is 72.5 cm³/mol. The maximum atomic E-state index is 11.1. The Morgan fingerprint density at radius 2 is 2.50 bits per heavy atom. The third-order valence-corrected chi connectivity index (χ3v) is 3.42. The molecule has 1 saturated heterocycles. The van der Waals surface area contributed by atoms with Gasteiger partial charge in [-0.15, -0.1) is 0 Å². The van der Waals surface area contributed by atoms with Crippen molar-refractivity contribution < 1.29 is 9.53 Å². The molecule has 2 heterocycles. The van der Waals surface area contributed by atoms with Crippen LogP contribution in [0.4, 0.5) is 16.3 Å². The van der Waals surface area contributed by atoms with Gasteiger partial charge in [-0.25, -0.2) is 9.78 Å². The summed E-state index contributed by atoms with van der Waals surface area (Å²) >= 11 is 3.45. The lowest BCUT2D eigenvalue weighted by atomic mass is 10.3. The van der Waals surface area contributed by atoms with E-state index in [9.17, 15) is 4.79 Å². The van der Waals surface area contributed by atoms with Crippen molar-refractivity contribution in [2.45, 2.75) is 12.5 Å². The maximum absolute atomic E-state index is 11.1. The molecule has 2 rings (SSSR count). The summed E-state index contributed by atoms with van der Waals surface area (Å²) in [5, 5.41) is 2.79. The van der Waals surface area contributed by atoms with Crippen molar-refractivity contribution in [3.8, 4) is 0 Å². The lowest BCUT2D eigenvalue weighted by Crippen LogP contribution is -2.37. The highest BCUT2D eigenvalue weighted by Crippen LogP contribution is 2.28. The Kier molecular flexibility index (Phi) is 3.90. The van der Waals surface area contributed by atoms with Gasteiger partial charge < -0.3 is 20.7 Å². The van der Waals surface area contributed by atoms with Crippen LogP contribution in [0.3, 0.4) is 0 Å². The van der Waals surface area contributed by atoms with E-state index in [1.807, 2.05) is 6.07 Å². The SMILES string of the molecule is COC(=O)NC1CCN(c2ncc(N)cc2Br)C1. The number of carbonyl (C=O) groups excluding carboxylic acids is 1. The Hall–Kier alpha value is -1.50. The molecule has 0 bridgehead atoms. The zero-order chi connectivity index (χ0) is 13.1. The lowest BCUT2D eigenvalue weighted by Gasteiger charge is -2.19. The van der Waals surface area contributed by atoms with E-state index in [2.05, 4.69) is 35.9 Å². The number of aromatic nitrogens is 1. The van der Waals surface area contributed by atoms with Gasteiger partial charge in [0.15, 0.2) is 0 Å². The Morgan fingerprint density at radius 3 is 3.17 bits per heavy atom. The second kappa shape index (κ2) is 5.43. The number of hydrogen-bond donors (Lipinski definition) is 2. The number of rotatable bonds is 2. The number of carbonyl (C=O) groups is 1. The Morgan fingerprint density at radius 1 is 1.72 bits per heavy atom. The van der Waals surface area contributed by atoms with Gasteiger partial charge in [0.05, 0.1) is 29.5 Å². The fourth-order valence-corrected chi connectivity index (χ4v) is 2.59. The first kappa shape index (κ1) is 12.9. The normalized spacial score (nSPS) is 18.8. The quantitative estimate of drug-likeness (QED) is 0.861. The first-order chi connectivity index (χ1) is 8.60. The molecule has 18 heavy (non-hydrogen) atoms. The summed E-state index contributed by atoms with van der Waals surface area (Å²) in [6, 6.07) is 1.91. The van der Waals surface area contributed by atoms with E-state index in [4.69, 9.17) is 5.73 Å². The number of nitrogens with one attached hydrogen (secondary N) is 1. The fraction of sp³-hybridized carbons (Fsp3) is 0.455. The molecular weight excluding hydrogens is 300 g/mol. The summed E-state index contributed by atoms with van der Waals surface area (Å²) in [6.07, 6.45) is 2.10. The average Bonchev–Trinajstić information content (AvgIpc) is 2.77. The molecule has 1 unspecified atom stereocenters. The van der Waals surface area contributed by atoms with E-state index in [0.717, 1.165) is 23.3 Å². The van der Waals surface area contributed by atoms with Crippen molar-refractivity contribution in [2.24, 2.45) is 0 Å². The molecule has 3 N–H and O–H groups in total. The molecule has 1 aromatic heterocycles. The zero-order valence-electron chi connectivity index (χ0n) is 10.0. The highest BCUT2D eigenvalue weighted by Gasteiger charge is 2.26. The van der Waals surface area contributed by atoms with Crippen LogP contribution >= 0.6 is 15.9 Å². The summed E-state index contributed by atoms with van der Waals surface area (Å²) in [6.45, 7) is 1.55. The zero-order valence-corrected chi connectivity index (χ0v) is 11.6. The molecule has 0 aliphatic carbocycles. The summed E-state index contributed by atoms with van der Waals surface area (Å²) in [4.78, 5) is 17.5. The molecule has 0 aromatic carbocycles. The van der Waals surface area contributed by atoms with Crippen LogP contribution in [-0.4, -0.2) is 37.3 Å². The number of anilines is 2. The average molecular weight is 315 g/mol. The molecule has 1 aromatic rings. The summed E-state index contributed by atoms with van der Waals surface area (Å²) in [7, 11) is 1.36. The van der Waals surface area contributed by atoms with Gasteiger partial charge in [0, 0.05) is 13.1 Å². The molecule has 98 valence electrons. The topological polar surface area (TPSA) is 80.5 Å². The van der Waals surface area contributed by atoms with Gasteiger partial charge >= 0.3 is 6.09 Å². The predicted octanol–water partition coefficient (Wildman–Crippen LogP) is 1.36. The fourth-order valence-electron chi connectivity index (χ4n) is 1.97. The van der Waals surface area contributed by atoms with Crippen LogP contribution in [-0.2, 0) is 4.74 Å². The Balaban J connectivity index is 2.02. The largest absolute Gasteiger partial charge is 0.453 e. The second-order valence-corrected chi connectivity index (χ2v) is 5.00. The highest BCUT2D eigenvalue weighted by molar-refractivity contribution is 9.10. The Bertz CT molecular complexity index is 455. The number of ether oxygens (including phenoxy) is 1. The Labute approximate surface area is 114 Å². The first-order valence-corrected chi connectivity index (χ1v) is 6.40. The van der Waals surface area contributed by atoms with Crippen LogP contribution in [0.2, 0.25) is 0 Å². The number of alkyl carbamates (subject to hydrolysis) is 1. The van der Waals surface area contributed by atoms with Gasteiger partial charge in [-0.2, -0.15) is 0 Å². The molecule has 1 amide bonds. The third kappa shape index (κ3) is 2.84. The van der Waals surface area contributed by atoms with Crippen LogP contribution in [0.25, 0.3) is 0 Å². The number of methoxy groups -OCH3 is 1. The van der Waals surface area contributed by atoms with E-state index in [1.54, 1.807) is 6.20 Å². The van der Waals surface area contributed by atoms with Crippen molar-refractivity contribution in [2.75, 3.05) is 30.8 Å². The minimum atomic E-state index is -0.397. The number of halogens is 1. The van der Waals surface area contributed by atoms with Gasteiger partial charge in [0.1, 0.15) is 5.82 Å². The van der Waals surface area contributed by atoms with Crippen molar-refractivity contribution >= 4 is 33.5 Å². The summed E-state index contributed by atoms with van der Waals surface area (Å²) in [5.74, 6) is 0.846. The van der Waals surface area contributed by atoms with Crippen LogP contribution < -0.4 is 16.0 Å². The first-order valence-electron chi connectivity index (χ1n) is 5.60. The number of amides is 1. The number of nitrogens with two attached hydrogens (primary N) is 1. The molecule has 1 atom stereocenters. The molecule has 1 aliphatic heterocycles. The highest BCUT2D eigenvalue weighted by atomic mass is 79.9. The molecule has 1 fully saturated rings. The van der Waals surface area contributed by atoms with Crippen LogP contribution in [0, 0.1) is 0 Å². The molecule has 0 radical (unpaired) electrons. The minimum Gasteiger partial charge on any atom is -0.453 e. The van der Waals surface area contributed by atoms with Crippen molar-refractivity contribution in [3.05, 3.63) is 16.7 Å². The van der Waals surface area contributed by atoms with E-state index in [0.29, 0.717) is 12.2 Å². The number of nitrogens with zero attached hydrogens (tertiary/aromatic N) is 2. The van der Waals surface area contributed by atoms with Gasteiger partial charge in [-0.05, 0) is 28.4 Å².